The molecule has 10 heteroatoms. The maximum Gasteiger partial charge on any atom is 0.293 e. The van der Waals surface area contributed by atoms with Gasteiger partial charge in [-0.05, 0) is 35.9 Å². The number of amides is 1. The topological polar surface area (TPSA) is 128 Å². The number of sulfone groups is 1. The highest BCUT2D eigenvalue weighted by Gasteiger charge is 2.18. The van der Waals surface area contributed by atoms with Crippen LogP contribution in [0.25, 0.3) is 0 Å². The Morgan fingerprint density at radius 3 is 2.45 bits per heavy atom. The highest BCUT2D eigenvalue weighted by molar-refractivity contribution is 7.90. The third-order valence-electron chi connectivity index (χ3n) is 4.66. The van der Waals surface area contributed by atoms with Crippen molar-refractivity contribution < 1.29 is 22.9 Å². The average Bonchev–Trinajstić information content (AvgIpc) is 2.80. The van der Waals surface area contributed by atoms with Crippen molar-refractivity contribution >= 4 is 27.1 Å². The first-order valence-electron chi connectivity index (χ1n) is 10.0. The van der Waals surface area contributed by atoms with E-state index in [1.807, 2.05) is 30.3 Å². The zero-order valence-corrected chi connectivity index (χ0v) is 18.7. The van der Waals surface area contributed by atoms with E-state index in [-0.39, 0.29) is 35.3 Å². The maximum atomic E-state index is 12.4. The van der Waals surface area contributed by atoms with Gasteiger partial charge in [-0.25, -0.2) is 8.42 Å². The van der Waals surface area contributed by atoms with Crippen LogP contribution in [0, 0.1) is 10.1 Å². The molecule has 172 valence electrons. The monoisotopic (exact) mass is 469 g/mol. The van der Waals surface area contributed by atoms with Crippen LogP contribution in [0.3, 0.4) is 0 Å². The number of benzene rings is 3. The van der Waals surface area contributed by atoms with Crippen molar-refractivity contribution in [3.63, 3.8) is 0 Å². The van der Waals surface area contributed by atoms with Gasteiger partial charge in [0.2, 0.25) is 0 Å². The lowest BCUT2D eigenvalue weighted by atomic mass is 10.2. The van der Waals surface area contributed by atoms with Gasteiger partial charge in [0, 0.05) is 31.0 Å². The van der Waals surface area contributed by atoms with Crippen LogP contribution < -0.4 is 15.4 Å². The number of nitrogens with zero attached hydrogens (tertiary/aromatic N) is 1. The summed E-state index contributed by atoms with van der Waals surface area (Å²) in [6.07, 6.45) is 0.983. The molecule has 33 heavy (non-hydrogen) atoms. The van der Waals surface area contributed by atoms with Gasteiger partial charge in [-0.1, -0.05) is 36.4 Å². The average molecular weight is 470 g/mol. The summed E-state index contributed by atoms with van der Waals surface area (Å²) in [4.78, 5) is 22.9. The second-order valence-corrected chi connectivity index (χ2v) is 9.21. The van der Waals surface area contributed by atoms with Crippen molar-refractivity contribution in [2.75, 3.05) is 24.7 Å². The van der Waals surface area contributed by atoms with E-state index in [1.54, 1.807) is 24.3 Å². The third-order valence-corrected chi connectivity index (χ3v) is 5.77. The van der Waals surface area contributed by atoms with E-state index in [2.05, 4.69) is 10.6 Å². The van der Waals surface area contributed by atoms with E-state index in [9.17, 15) is 23.3 Å². The Morgan fingerprint density at radius 2 is 1.76 bits per heavy atom. The van der Waals surface area contributed by atoms with Gasteiger partial charge in [0.05, 0.1) is 9.82 Å². The molecule has 0 bridgehead atoms. The van der Waals surface area contributed by atoms with E-state index >= 15 is 0 Å². The second kappa shape index (κ2) is 10.6. The molecular weight excluding hydrogens is 446 g/mol. The Hall–Kier alpha value is -3.92. The molecule has 0 radical (unpaired) electrons. The van der Waals surface area contributed by atoms with Gasteiger partial charge in [0.25, 0.3) is 11.6 Å². The van der Waals surface area contributed by atoms with Crippen LogP contribution in [0.1, 0.15) is 15.9 Å². The third kappa shape index (κ3) is 6.78. The molecule has 3 aromatic rings. The largest absolute Gasteiger partial charge is 0.489 e. The number of nitro groups is 1. The van der Waals surface area contributed by atoms with Gasteiger partial charge in [-0.2, -0.15) is 0 Å². The molecule has 0 aliphatic rings. The summed E-state index contributed by atoms with van der Waals surface area (Å²) in [6.45, 7) is 0.778. The molecule has 0 aliphatic carbocycles. The lowest BCUT2D eigenvalue weighted by Gasteiger charge is -2.10. The first-order chi connectivity index (χ1) is 15.7. The maximum absolute atomic E-state index is 12.4. The summed E-state index contributed by atoms with van der Waals surface area (Å²) >= 11 is 0. The predicted molar refractivity (Wildman–Crippen MR) is 124 cm³/mol. The van der Waals surface area contributed by atoms with Crippen molar-refractivity contribution in [3.05, 3.63) is 94.0 Å². The molecule has 3 aromatic carbocycles. The summed E-state index contributed by atoms with van der Waals surface area (Å²) in [5.74, 6) is 0.245. The zero-order valence-electron chi connectivity index (χ0n) is 17.9. The molecule has 0 spiro atoms. The van der Waals surface area contributed by atoms with Gasteiger partial charge >= 0.3 is 0 Å². The number of ether oxygens (including phenoxy) is 1. The van der Waals surface area contributed by atoms with E-state index < -0.39 is 14.8 Å². The standard InChI is InChI=1S/C23H23N3O6S/c1-33(30,31)20-10-11-21(22(15-20)26(28)29)24-12-13-25-23(27)18-8-5-9-19(14-18)32-16-17-6-3-2-4-7-17/h2-11,14-15,24H,12-13,16H2,1H3,(H,25,27). The minimum atomic E-state index is -3.57. The Balaban J connectivity index is 1.54. The lowest BCUT2D eigenvalue weighted by molar-refractivity contribution is -0.384. The lowest BCUT2D eigenvalue weighted by Crippen LogP contribution is -2.28. The van der Waals surface area contributed by atoms with Crippen LogP contribution >= 0.6 is 0 Å². The number of rotatable bonds is 10. The first kappa shape index (κ1) is 23.7. The van der Waals surface area contributed by atoms with Crippen molar-refractivity contribution in [1.82, 2.24) is 5.32 Å². The van der Waals surface area contributed by atoms with Gasteiger partial charge in [0.1, 0.15) is 18.0 Å². The fourth-order valence-corrected chi connectivity index (χ4v) is 3.63. The van der Waals surface area contributed by atoms with Crippen LogP contribution in [-0.2, 0) is 16.4 Å². The Labute approximate surface area is 191 Å². The fourth-order valence-electron chi connectivity index (χ4n) is 2.99. The molecule has 1 amide bonds. The molecular formula is C23H23N3O6S. The zero-order chi connectivity index (χ0) is 23.8. The molecule has 0 saturated carbocycles. The van der Waals surface area contributed by atoms with Crippen LogP contribution in [0.2, 0.25) is 0 Å². The fraction of sp³-hybridized carbons (Fsp3) is 0.174. The number of nitrogens with one attached hydrogen (secondary N) is 2. The SMILES string of the molecule is CS(=O)(=O)c1ccc(NCCNC(=O)c2cccc(OCc3ccccc3)c2)c([N+](=O)[O-])c1. The Morgan fingerprint density at radius 1 is 1.00 bits per heavy atom. The summed E-state index contributed by atoms with van der Waals surface area (Å²) in [7, 11) is -3.57. The van der Waals surface area contributed by atoms with E-state index in [0.29, 0.717) is 17.9 Å². The van der Waals surface area contributed by atoms with E-state index in [1.165, 1.54) is 12.1 Å². The van der Waals surface area contributed by atoms with E-state index in [0.717, 1.165) is 17.9 Å². The minimum absolute atomic E-state index is 0.137. The number of carbonyl (C=O) groups excluding carboxylic acids is 1. The quantitative estimate of drug-likeness (QED) is 0.264. The summed E-state index contributed by atoms with van der Waals surface area (Å²) in [5.41, 5.74) is 1.24. The Bertz CT molecular complexity index is 1250. The van der Waals surface area contributed by atoms with Gasteiger partial charge in [-0.15, -0.1) is 0 Å². The number of hydrogen-bond donors (Lipinski definition) is 2. The molecule has 0 fully saturated rings. The van der Waals surface area contributed by atoms with E-state index in [4.69, 9.17) is 4.74 Å². The van der Waals surface area contributed by atoms with Crippen LogP contribution in [0.5, 0.6) is 5.75 Å². The van der Waals surface area contributed by atoms with Crippen molar-refractivity contribution in [2.24, 2.45) is 0 Å². The smallest absolute Gasteiger partial charge is 0.293 e. The van der Waals surface area contributed by atoms with Crippen LogP contribution in [0.4, 0.5) is 11.4 Å². The molecule has 0 saturated heterocycles. The normalized spacial score (nSPS) is 10.9. The molecule has 0 aromatic heterocycles. The first-order valence-corrected chi connectivity index (χ1v) is 11.9. The number of nitro benzene ring substituents is 1. The van der Waals surface area contributed by atoms with Gasteiger partial charge < -0.3 is 15.4 Å². The molecule has 0 unspecified atom stereocenters. The molecule has 0 heterocycles. The van der Waals surface area contributed by atoms with Crippen molar-refractivity contribution in [3.8, 4) is 5.75 Å². The summed E-state index contributed by atoms with van der Waals surface area (Å²) in [5, 5.41) is 16.9. The second-order valence-electron chi connectivity index (χ2n) is 7.19. The molecule has 3 rings (SSSR count). The van der Waals surface area contributed by atoms with Gasteiger partial charge in [0.15, 0.2) is 9.84 Å². The van der Waals surface area contributed by atoms with Crippen LogP contribution in [0.15, 0.2) is 77.7 Å². The molecule has 2 N–H and O–H groups in total. The number of carbonyl (C=O) groups is 1. The summed E-state index contributed by atoms with van der Waals surface area (Å²) < 4.78 is 29.0. The highest BCUT2D eigenvalue weighted by atomic mass is 32.2. The summed E-state index contributed by atoms with van der Waals surface area (Å²) in [6, 6.07) is 20.1. The predicted octanol–water partition coefficient (Wildman–Crippen LogP) is 3.42. The minimum Gasteiger partial charge on any atom is -0.489 e. The Kier molecular flexibility index (Phi) is 7.62. The van der Waals surface area contributed by atoms with Crippen molar-refractivity contribution in [1.29, 1.82) is 0 Å². The molecule has 9 nitrogen and oxygen atoms in total. The molecule has 0 aliphatic heterocycles. The van der Waals surface area contributed by atoms with Crippen LogP contribution in [-0.4, -0.2) is 38.6 Å². The van der Waals surface area contributed by atoms with Crippen molar-refractivity contribution in [2.45, 2.75) is 11.5 Å². The number of anilines is 1. The molecule has 0 atom stereocenters. The van der Waals surface area contributed by atoms with Gasteiger partial charge in [-0.3, -0.25) is 14.9 Å². The number of hydrogen-bond acceptors (Lipinski definition) is 7. The highest BCUT2D eigenvalue weighted by Crippen LogP contribution is 2.27.